The molecule has 1 saturated heterocycles. The van der Waals surface area contributed by atoms with Crippen molar-refractivity contribution in [1.29, 1.82) is 0 Å². The Labute approximate surface area is 209 Å². The number of benzene rings is 2. The number of nitrogens with one attached hydrogen (secondary N) is 2. The molecule has 3 atom stereocenters. The third-order valence-electron chi connectivity index (χ3n) is 7.26. The van der Waals surface area contributed by atoms with Crippen molar-refractivity contribution in [3.05, 3.63) is 59.4 Å². The Hall–Kier alpha value is -3.46. The minimum atomic E-state index is -0.424. The molecule has 3 amide bonds. The van der Waals surface area contributed by atoms with Crippen LogP contribution in [0.4, 0.5) is 10.1 Å². The van der Waals surface area contributed by atoms with Crippen LogP contribution >= 0.6 is 0 Å². The molecule has 3 aliphatic rings. The molecule has 0 radical (unpaired) electrons. The minimum absolute atomic E-state index is 0.0138. The van der Waals surface area contributed by atoms with Crippen LogP contribution in [-0.4, -0.2) is 60.6 Å². The van der Waals surface area contributed by atoms with Crippen molar-refractivity contribution in [2.75, 3.05) is 19.0 Å². The van der Waals surface area contributed by atoms with Gasteiger partial charge in [0.15, 0.2) is 0 Å². The average Bonchev–Trinajstić information content (AvgIpc) is 2.84. The van der Waals surface area contributed by atoms with E-state index >= 15 is 0 Å². The molecule has 2 aromatic carbocycles. The fourth-order valence-corrected chi connectivity index (χ4v) is 4.96. The van der Waals surface area contributed by atoms with Gasteiger partial charge in [0.25, 0.3) is 11.8 Å². The van der Waals surface area contributed by atoms with Gasteiger partial charge in [-0.05, 0) is 74.6 Å². The quantitative estimate of drug-likeness (QED) is 0.662. The predicted molar refractivity (Wildman–Crippen MR) is 130 cm³/mol. The van der Waals surface area contributed by atoms with Crippen LogP contribution in [0.25, 0.3) is 0 Å². The third kappa shape index (κ3) is 5.21. The molecule has 9 heteroatoms. The lowest BCUT2D eigenvalue weighted by atomic mass is 9.92. The lowest BCUT2D eigenvalue weighted by Gasteiger charge is -2.42. The highest BCUT2D eigenvalue weighted by Crippen LogP contribution is 2.32. The summed E-state index contributed by atoms with van der Waals surface area (Å²) in [7, 11) is 1.74. The first-order chi connectivity index (χ1) is 17.4. The highest BCUT2D eigenvalue weighted by molar-refractivity contribution is 6.05. The fraction of sp³-hybridized carbons (Fsp3) is 0.444. The molecule has 0 unspecified atom stereocenters. The van der Waals surface area contributed by atoms with Crippen LogP contribution in [0.5, 0.6) is 5.75 Å². The molecule has 190 valence electrons. The predicted octanol–water partition coefficient (Wildman–Crippen LogP) is 3.52. The van der Waals surface area contributed by atoms with Crippen LogP contribution in [0, 0.1) is 5.82 Å². The summed E-state index contributed by atoms with van der Waals surface area (Å²) in [5.74, 6) is -0.650. The summed E-state index contributed by atoms with van der Waals surface area (Å²) in [5, 5.41) is 5.81. The first kappa shape index (κ1) is 24.2. The van der Waals surface area contributed by atoms with Crippen LogP contribution < -0.4 is 15.4 Å². The van der Waals surface area contributed by atoms with Crippen LogP contribution in [-0.2, 0) is 9.53 Å². The van der Waals surface area contributed by atoms with Gasteiger partial charge >= 0.3 is 0 Å². The number of fused-ring (bicyclic) bond motifs is 2. The number of carbonyl (C=O) groups is 3. The molecule has 1 saturated carbocycles. The van der Waals surface area contributed by atoms with Gasteiger partial charge in [0, 0.05) is 24.3 Å². The van der Waals surface area contributed by atoms with Crippen molar-refractivity contribution in [3.8, 4) is 5.75 Å². The van der Waals surface area contributed by atoms with E-state index in [9.17, 15) is 18.8 Å². The van der Waals surface area contributed by atoms with E-state index in [2.05, 4.69) is 10.6 Å². The van der Waals surface area contributed by atoms with Gasteiger partial charge < -0.3 is 25.0 Å². The number of nitrogens with zero attached hydrogens (tertiary/aromatic N) is 1. The van der Waals surface area contributed by atoms with Crippen LogP contribution in [0.3, 0.4) is 0 Å². The molecule has 5 rings (SSSR count). The highest BCUT2D eigenvalue weighted by atomic mass is 19.1. The summed E-state index contributed by atoms with van der Waals surface area (Å²) in [6.45, 7) is 0.247. The monoisotopic (exact) mass is 495 g/mol. The number of ether oxygens (including phenoxy) is 2. The molecule has 2 aliphatic heterocycles. The number of carbonyl (C=O) groups excluding carboxylic acids is 3. The molecule has 8 nitrogen and oxygen atoms in total. The summed E-state index contributed by atoms with van der Waals surface area (Å²) in [4.78, 5) is 39.9. The fourth-order valence-electron chi connectivity index (χ4n) is 4.96. The zero-order valence-electron chi connectivity index (χ0n) is 20.2. The highest BCUT2D eigenvalue weighted by Gasteiger charge is 2.39. The Bertz CT molecular complexity index is 1150. The molecule has 2 aromatic rings. The maximum Gasteiger partial charge on any atom is 0.257 e. The van der Waals surface area contributed by atoms with Crippen molar-refractivity contribution in [2.24, 2.45) is 0 Å². The Kier molecular flexibility index (Phi) is 6.91. The maximum atomic E-state index is 13.4. The molecule has 36 heavy (non-hydrogen) atoms. The van der Waals surface area contributed by atoms with Gasteiger partial charge in [-0.25, -0.2) is 4.39 Å². The largest absolute Gasteiger partial charge is 0.490 e. The van der Waals surface area contributed by atoms with E-state index in [1.54, 1.807) is 30.1 Å². The standard InChI is InChI=1S/C27H30FN3O5/c1-31-22-11-10-20(14-25(32)29-18-3-2-4-18)36-24(22)15-35-23-12-9-19(13-21(23)27(31)34)30-26(33)16-5-7-17(28)8-6-16/h5-9,12-13,18,20,22,24H,2-4,10-11,14-15H2,1H3,(H,29,32)(H,30,33)/t20-,22-,24+/m1/s1. The van der Waals surface area contributed by atoms with Crippen molar-refractivity contribution in [3.63, 3.8) is 0 Å². The van der Waals surface area contributed by atoms with Gasteiger partial charge in [0.1, 0.15) is 24.3 Å². The molecule has 0 bridgehead atoms. The second-order valence-corrected chi connectivity index (χ2v) is 9.74. The lowest BCUT2D eigenvalue weighted by Crippen LogP contribution is -2.54. The van der Waals surface area contributed by atoms with Gasteiger partial charge in [-0.1, -0.05) is 0 Å². The summed E-state index contributed by atoms with van der Waals surface area (Å²) < 4.78 is 25.4. The average molecular weight is 496 g/mol. The normalized spacial score (nSPS) is 23.8. The number of hydrogen-bond donors (Lipinski definition) is 2. The summed E-state index contributed by atoms with van der Waals surface area (Å²) in [5.41, 5.74) is 1.08. The summed E-state index contributed by atoms with van der Waals surface area (Å²) in [6.07, 6.45) is 4.38. The molecule has 2 heterocycles. The molecule has 2 fully saturated rings. The van der Waals surface area contributed by atoms with E-state index in [4.69, 9.17) is 9.47 Å². The molecular weight excluding hydrogens is 465 g/mol. The van der Waals surface area contributed by atoms with Gasteiger partial charge in [-0.2, -0.15) is 0 Å². The molecule has 0 aromatic heterocycles. The molecule has 1 aliphatic carbocycles. The Morgan fingerprint density at radius 1 is 1.08 bits per heavy atom. The lowest BCUT2D eigenvalue weighted by molar-refractivity contribution is -0.135. The van der Waals surface area contributed by atoms with Gasteiger partial charge in [-0.15, -0.1) is 0 Å². The van der Waals surface area contributed by atoms with E-state index in [1.807, 2.05) is 0 Å². The third-order valence-corrected chi connectivity index (χ3v) is 7.26. The first-order valence-corrected chi connectivity index (χ1v) is 12.4. The molecule has 0 spiro atoms. The Morgan fingerprint density at radius 2 is 1.86 bits per heavy atom. The van der Waals surface area contributed by atoms with E-state index < -0.39 is 11.7 Å². The number of likely N-dealkylation sites (N-methyl/N-ethyl adjacent to an activating group) is 1. The molecule has 2 N–H and O–H groups in total. The van der Waals surface area contributed by atoms with E-state index in [0.717, 1.165) is 19.3 Å². The topological polar surface area (TPSA) is 97.0 Å². The van der Waals surface area contributed by atoms with Gasteiger partial charge in [0.05, 0.1) is 24.1 Å². The number of rotatable bonds is 5. The zero-order valence-corrected chi connectivity index (χ0v) is 20.2. The summed E-state index contributed by atoms with van der Waals surface area (Å²) >= 11 is 0. The van der Waals surface area contributed by atoms with Gasteiger partial charge in [0.2, 0.25) is 5.91 Å². The number of amides is 3. The van der Waals surface area contributed by atoms with Crippen molar-refractivity contribution in [1.82, 2.24) is 10.2 Å². The Balaban J connectivity index is 1.26. The van der Waals surface area contributed by atoms with E-state index in [-0.39, 0.29) is 36.7 Å². The second-order valence-electron chi connectivity index (χ2n) is 9.74. The second kappa shape index (κ2) is 10.3. The van der Waals surface area contributed by atoms with Crippen molar-refractivity contribution in [2.45, 2.75) is 62.8 Å². The smallest absolute Gasteiger partial charge is 0.257 e. The SMILES string of the molecule is CN1C(=O)c2cc(NC(=O)c3ccc(F)cc3)ccc2OC[C@@H]2O[C@@H](CC(=O)NC3CCC3)CC[C@H]21. The number of anilines is 1. The zero-order chi connectivity index (χ0) is 25.2. The van der Waals surface area contributed by atoms with E-state index in [1.165, 1.54) is 24.3 Å². The maximum absolute atomic E-state index is 13.4. The molecular formula is C27H30FN3O5. The van der Waals surface area contributed by atoms with Crippen molar-refractivity contribution < 1.29 is 28.2 Å². The summed E-state index contributed by atoms with van der Waals surface area (Å²) in [6, 6.07) is 10.2. The van der Waals surface area contributed by atoms with Crippen molar-refractivity contribution >= 4 is 23.4 Å². The van der Waals surface area contributed by atoms with Crippen LogP contribution in [0.15, 0.2) is 42.5 Å². The number of hydrogen-bond acceptors (Lipinski definition) is 5. The number of halogens is 1. The Morgan fingerprint density at radius 3 is 2.58 bits per heavy atom. The van der Waals surface area contributed by atoms with Gasteiger partial charge in [-0.3, -0.25) is 14.4 Å². The van der Waals surface area contributed by atoms with E-state index in [0.29, 0.717) is 47.9 Å². The first-order valence-electron chi connectivity index (χ1n) is 12.4. The van der Waals surface area contributed by atoms with Crippen LogP contribution in [0.2, 0.25) is 0 Å². The van der Waals surface area contributed by atoms with Crippen LogP contribution in [0.1, 0.15) is 59.2 Å². The minimum Gasteiger partial charge on any atom is -0.490 e.